The summed E-state index contributed by atoms with van der Waals surface area (Å²) in [6.07, 6.45) is 1.93. The van der Waals surface area contributed by atoms with Gasteiger partial charge in [0.15, 0.2) is 0 Å². The molecule has 7 aromatic carbocycles. The smallest absolute Gasteiger partial charge is 0.143 e. The van der Waals surface area contributed by atoms with Gasteiger partial charge in [0.1, 0.15) is 10.3 Å². The van der Waals surface area contributed by atoms with Gasteiger partial charge in [0.25, 0.3) is 0 Å². The van der Waals surface area contributed by atoms with E-state index in [0.29, 0.717) is 0 Å². The van der Waals surface area contributed by atoms with Crippen molar-refractivity contribution in [3.05, 3.63) is 164 Å². The molecule has 0 radical (unpaired) electrons. The SMILES string of the molecule is c1cc(-c2ccc3sc4nc(-c5cccc(-n6c7ccccc7c7ccccc76)c5)cnc4c3c2)cc(-c2cccc3c2sc2ccccc23)c1. The average Bonchev–Trinajstić information content (AvgIpc) is 3.87. The maximum Gasteiger partial charge on any atom is 0.143 e. The number of benzene rings is 7. The predicted octanol–water partition coefficient (Wildman–Crippen LogP) is 13.3. The molecule has 0 saturated heterocycles. The summed E-state index contributed by atoms with van der Waals surface area (Å²) in [5, 5.41) is 6.29. The highest BCUT2D eigenvalue weighted by molar-refractivity contribution is 7.26. The van der Waals surface area contributed by atoms with Crippen molar-refractivity contribution < 1.29 is 0 Å². The summed E-state index contributed by atoms with van der Waals surface area (Å²) in [6.45, 7) is 0. The fraction of sp³-hybridized carbons (Fsp3) is 0. The van der Waals surface area contributed by atoms with Gasteiger partial charge in [-0.1, -0.05) is 109 Å². The minimum absolute atomic E-state index is 0.875. The predicted molar refractivity (Wildman–Crippen MR) is 218 cm³/mol. The molecule has 0 atom stereocenters. The van der Waals surface area contributed by atoms with E-state index in [-0.39, 0.29) is 0 Å². The van der Waals surface area contributed by atoms with E-state index in [1.807, 2.05) is 17.5 Å². The molecule has 0 N–H and O–H groups in total. The third kappa shape index (κ3) is 4.49. The number of nitrogens with zero attached hydrogens (tertiary/aromatic N) is 3. The van der Waals surface area contributed by atoms with Crippen LogP contribution in [0.15, 0.2) is 164 Å². The summed E-state index contributed by atoms with van der Waals surface area (Å²) < 4.78 is 6.20. The molecule has 0 aliphatic heterocycles. The number of para-hydroxylation sites is 2. The van der Waals surface area contributed by atoms with Gasteiger partial charge in [-0.3, -0.25) is 4.98 Å². The maximum atomic E-state index is 5.18. The van der Waals surface area contributed by atoms with Crippen LogP contribution in [0, 0.1) is 0 Å². The standard InChI is InChI=1S/C46H27N3S2/c1-4-19-40-34(14-1)35-15-2-5-20-41(35)49(40)32-13-8-12-31(25-32)39-27-47-44-38-26-29(22-23-43(38)51-46(44)48-39)28-10-7-11-30(24-28)33-17-9-18-37-36-16-3-6-21-42(36)50-45(33)37/h1-27H. The van der Waals surface area contributed by atoms with Crippen molar-refractivity contribution in [1.82, 2.24) is 14.5 Å². The van der Waals surface area contributed by atoms with Gasteiger partial charge >= 0.3 is 0 Å². The Morgan fingerprint density at radius 2 is 1.12 bits per heavy atom. The molecule has 0 fully saturated rings. The third-order valence-electron chi connectivity index (χ3n) is 10.1. The number of rotatable bonds is 4. The van der Waals surface area contributed by atoms with E-state index in [0.717, 1.165) is 32.7 Å². The Balaban J connectivity index is 0.977. The summed E-state index contributed by atoms with van der Waals surface area (Å²) in [6, 6.07) is 56.9. The van der Waals surface area contributed by atoms with E-state index in [9.17, 15) is 0 Å². The third-order valence-corrected chi connectivity index (χ3v) is 12.3. The molecule has 0 aliphatic carbocycles. The molecule has 0 unspecified atom stereocenters. The Kier molecular flexibility index (Phi) is 6.29. The normalized spacial score (nSPS) is 11.9. The van der Waals surface area contributed by atoms with Crippen LogP contribution < -0.4 is 0 Å². The molecule has 11 aromatic rings. The molecule has 4 heterocycles. The lowest BCUT2D eigenvalue weighted by Gasteiger charge is -2.10. The van der Waals surface area contributed by atoms with Crippen molar-refractivity contribution in [1.29, 1.82) is 0 Å². The van der Waals surface area contributed by atoms with Crippen molar-refractivity contribution >= 4 is 85.1 Å². The molecule has 0 saturated carbocycles. The highest BCUT2D eigenvalue weighted by Crippen LogP contribution is 2.41. The molecule has 51 heavy (non-hydrogen) atoms. The first-order valence-corrected chi connectivity index (χ1v) is 18.7. The van der Waals surface area contributed by atoms with E-state index < -0.39 is 0 Å². The van der Waals surface area contributed by atoms with E-state index >= 15 is 0 Å². The van der Waals surface area contributed by atoms with E-state index in [1.54, 1.807) is 11.3 Å². The highest BCUT2D eigenvalue weighted by Gasteiger charge is 2.15. The Morgan fingerprint density at radius 3 is 1.98 bits per heavy atom. The second-order valence-corrected chi connectivity index (χ2v) is 15.1. The highest BCUT2D eigenvalue weighted by atomic mass is 32.1. The van der Waals surface area contributed by atoms with Crippen LogP contribution in [0.5, 0.6) is 0 Å². The van der Waals surface area contributed by atoms with Gasteiger partial charge in [0.2, 0.25) is 0 Å². The van der Waals surface area contributed by atoms with Crippen LogP contribution in [0.3, 0.4) is 0 Å². The van der Waals surface area contributed by atoms with Crippen molar-refractivity contribution in [3.8, 4) is 39.2 Å². The van der Waals surface area contributed by atoms with Crippen molar-refractivity contribution in [2.45, 2.75) is 0 Å². The molecular formula is C46H27N3S2. The topological polar surface area (TPSA) is 30.7 Å². The minimum Gasteiger partial charge on any atom is -0.309 e. The molecule has 0 aliphatic rings. The summed E-state index contributed by atoms with van der Waals surface area (Å²) >= 11 is 3.58. The van der Waals surface area contributed by atoms with Crippen LogP contribution in [0.1, 0.15) is 0 Å². The molecule has 0 bridgehead atoms. The van der Waals surface area contributed by atoms with Crippen molar-refractivity contribution in [2.24, 2.45) is 0 Å². The second-order valence-electron chi connectivity index (χ2n) is 13.0. The zero-order chi connectivity index (χ0) is 33.5. The van der Waals surface area contributed by atoms with Gasteiger partial charge in [-0.15, -0.1) is 22.7 Å². The van der Waals surface area contributed by atoms with Crippen LogP contribution in [0.4, 0.5) is 0 Å². The minimum atomic E-state index is 0.875. The van der Waals surface area contributed by atoms with E-state index in [4.69, 9.17) is 9.97 Å². The van der Waals surface area contributed by atoms with Gasteiger partial charge in [-0.05, 0) is 70.8 Å². The largest absolute Gasteiger partial charge is 0.309 e. The van der Waals surface area contributed by atoms with E-state index in [2.05, 4.69) is 162 Å². The molecule has 0 amide bonds. The summed E-state index contributed by atoms with van der Waals surface area (Å²) in [7, 11) is 0. The molecule has 3 nitrogen and oxygen atoms in total. The van der Waals surface area contributed by atoms with Gasteiger partial charge < -0.3 is 4.57 Å². The lowest BCUT2D eigenvalue weighted by molar-refractivity contribution is 1.18. The van der Waals surface area contributed by atoms with Gasteiger partial charge in [-0.25, -0.2) is 4.98 Å². The van der Waals surface area contributed by atoms with Gasteiger partial charge in [-0.2, -0.15) is 0 Å². The molecule has 4 aromatic heterocycles. The number of aromatic nitrogens is 3. The molecule has 0 spiro atoms. The summed E-state index contributed by atoms with van der Waals surface area (Å²) in [4.78, 5) is 11.2. The fourth-order valence-electron chi connectivity index (χ4n) is 7.70. The number of hydrogen-bond acceptors (Lipinski definition) is 4. The van der Waals surface area contributed by atoms with Crippen molar-refractivity contribution in [2.75, 3.05) is 0 Å². The fourth-order valence-corrected chi connectivity index (χ4v) is 9.95. The molecule has 11 rings (SSSR count). The first-order chi connectivity index (χ1) is 25.3. The maximum absolute atomic E-state index is 5.18. The van der Waals surface area contributed by atoms with Crippen LogP contribution in [-0.4, -0.2) is 14.5 Å². The summed E-state index contributed by atoms with van der Waals surface area (Å²) in [5.74, 6) is 0. The van der Waals surface area contributed by atoms with Crippen LogP contribution >= 0.6 is 22.7 Å². The lowest BCUT2D eigenvalue weighted by atomic mass is 9.97. The number of fused-ring (bicyclic) bond motifs is 9. The van der Waals surface area contributed by atoms with Crippen LogP contribution in [0.2, 0.25) is 0 Å². The molecule has 5 heteroatoms. The van der Waals surface area contributed by atoms with Crippen LogP contribution in [-0.2, 0) is 0 Å². The first kappa shape index (κ1) is 28.7. The van der Waals surface area contributed by atoms with Gasteiger partial charge in [0, 0.05) is 52.3 Å². The number of hydrogen-bond donors (Lipinski definition) is 0. The lowest BCUT2D eigenvalue weighted by Crippen LogP contribution is -1.95. The van der Waals surface area contributed by atoms with Gasteiger partial charge in [0.05, 0.1) is 22.9 Å². The average molecular weight is 686 g/mol. The van der Waals surface area contributed by atoms with E-state index in [1.165, 1.54) is 68.9 Å². The Morgan fingerprint density at radius 1 is 0.451 bits per heavy atom. The molecule has 238 valence electrons. The molecular weight excluding hydrogens is 659 g/mol. The Bertz CT molecular complexity index is 3110. The Labute approximate surface area is 301 Å². The van der Waals surface area contributed by atoms with Crippen LogP contribution in [0.25, 0.3) is 102 Å². The van der Waals surface area contributed by atoms with Crippen molar-refractivity contribution in [3.63, 3.8) is 0 Å². The second kappa shape index (κ2) is 11.2. The number of thiophene rings is 2. The zero-order valence-electron chi connectivity index (χ0n) is 27.2. The summed E-state index contributed by atoms with van der Waals surface area (Å²) in [5.41, 5.74) is 11.2. The zero-order valence-corrected chi connectivity index (χ0v) is 28.9. The first-order valence-electron chi connectivity index (χ1n) is 17.1. The monoisotopic (exact) mass is 685 g/mol. The Hall–Kier alpha value is -6.14. The quantitative estimate of drug-likeness (QED) is 0.185.